The van der Waals surface area contributed by atoms with Gasteiger partial charge in [-0.3, -0.25) is 15.2 Å². The first-order valence-electron chi connectivity index (χ1n) is 10.00. The average Bonchev–Trinajstić information content (AvgIpc) is 2.89. The monoisotopic (exact) mass is 322 g/mol. The molecule has 1 fully saturated rings. The van der Waals surface area contributed by atoms with Gasteiger partial charge in [0.2, 0.25) is 0 Å². The highest BCUT2D eigenvalue weighted by Crippen LogP contribution is 2.31. The van der Waals surface area contributed by atoms with Crippen LogP contribution in [0.25, 0.3) is 0 Å². The third kappa shape index (κ3) is 4.40. The fourth-order valence-electron chi connectivity index (χ4n) is 4.81. The lowest BCUT2D eigenvalue weighted by molar-refractivity contribution is -0.593. The molecule has 3 rings (SSSR count). The minimum atomic E-state index is -0.123. The summed E-state index contributed by atoms with van der Waals surface area (Å²) in [7, 11) is 0. The van der Waals surface area contributed by atoms with Crippen molar-refractivity contribution < 1.29 is 9.68 Å². The van der Waals surface area contributed by atoms with E-state index in [1.165, 1.54) is 70.2 Å². The number of guanidine groups is 1. The molecule has 0 saturated carbocycles. The zero-order valence-corrected chi connectivity index (χ0v) is 15.1. The second-order valence-corrected chi connectivity index (χ2v) is 8.19. The van der Waals surface area contributed by atoms with Crippen LogP contribution in [-0.4, -0.2) is 45.9 Å². The van der Waals surface area contributed by atoms with Crippen molar-refractivity contribution in [1.29, 1.82) is 0 Å². The van der Waals surface area contributed by atoms with Crippen molar-refractivity contribution >= 4 is 5.96 Å². The maximum absolute atomic E-state index is 9.27. The van der Waals surface area contributed by atoms with E-state index in [0.717, 1.165) is 18.5 Å². The van der Waals surface area contributed by atoms with Crippen LogP contribution in [0.5, 0.6) is 0 Å². The molecule has 132 valence electrons. The van der Waals surface area contributed by atoms with Crippen molar-refractivity contribution in [3.8, 4) is 0 Å². The predicted molar refractivity (Wildman–Crippen MR) is 94.8 cm³/mol. The number of nitrogens with zero attached hydrogens (tertiary/aromatic N) is 1. The van der Waals surface area contributed by atoms with Crippen molar-refractivity contribution in [1.82, 2.24) is 10.6 Å². The number of unbranched alkanes of at least 4 members (excludes halogenated alkanes) is 4. The van der Waals surface area contributed by atoms with Gasteiger partial charge in [-0.2, -0.15) is 0 Å². The van der Waals surface area contributed by atoms with E-state index in [-0.39, 0.29) is 6.10 Å². The third-order valence-corrected chi connectivity index (χ3v) is 5.96. The van der Waals surface area contributed by atoms with E-state index < -0.39 is 0 Å². The van der Waals surface area contributed by atoms with Gasteiger partial charge in [0.25, 0.3) is 0 Å². The predicted octanol–water partition coefficient (Wildman–Crippen LogP) is 2.74. The molecule has 0 bridgehead atoms. The molecule has 23 heavy (non-hydrogen) atoms. The van der Waals surface area contributed by atoms with E-state index in [1.807, 2.05) is 6.92 Å². The molecule has 0 radical (unpaired) electrons. The van der Waals surface area contributed by atoms with Crippen LogP contribution in [0.1, 0.15) is 84.5 Å². The minimum Gasteiger partial charge on any atom is -0.393 e. The summed E-state index contributed by atoms with van der Waals surface area (Å²) in [5.74, 6) is 1.34. The van der Waals surface area contributed by atoms with Crippen molar-refractivity contribution in [2.45, 2.75) is 115 Å². The Bertz CT molecular complexity index is 421. The Morgan fingerprint density at radius 2 is 1.74 bits per heavy atom. The summed E-state index contributed by atoms with van der Waals surface area (Å²) in [6.07, 6.45) is 14.0. The lowest BCUT2D eigenvalue weighted by Gasteiger charge is -2.35. The molecular weight excluding hydrogens is 286 g/mol. The Labute approximate surface area is 141 Å². The molecule has 3 N–H and O–H groups in total. The van der Waals surface area contributed by atoms with Gasteiger partial charge >= 0.3 is 5.96 Å². The Kier molecular flexibility index (Phi) is 5.84. The fraction of sp³-hybridized carbons (Fsp3) is 0.947. The second-order valence-electron chi connectivity index (χ2n) is 8.19. The van der Waals surface area contributed by atoms with Gasteiger partial charge in [-0.1, -0.05) is 32.1 Å². The highest BCUT2D eigenvalue weighted by atomic mass is 16.3. The lowest BCUT2D eigenvalue weighted by atomic mass is 9.97. The van der Waals surface area contributed by atoms with Crippen LogP contribution < -0.4 is 10.6 Å². The molecule has 0 aliphatic carbocycles. The SMILES string of the molecule is C[C@@H](O)CCCCCCC[C@@H]1C[C@@H]2CC[C@@H]3C[C@H](C)NC(=[N+]32)N1. The molecule has 0 amide bonds. The van der Waals surface area contributed by atoms with Crippen molar-refractivity contribution in [3.05, 3.63) is 0 Å². The zero-order chi connectivity index (χ0) is 16.2. The molecule has 3 aliphatic heterocycles. The van der Waals surface area contributed by atoms with Crippen LogP contribution in [0.2, 0.25) is 0 Å². The number of aliphatic hydroxyl groups is 1. The van der Waals surface area contributed by atoms with E-state index in [0.29, 0.717) is 12.1 Å². The minimum absolute atomic E-state index is 0.123. The lowest BCUT2D eigenvalue weighted by Crippen LogP contribution is -2.61. The van der Waals surface area contributed by atoms with Crippen LogP contribution >= 0.6 is 0 Å². The molecule has 4 heteroatoms. The van der Waals surface area contributed by atoms with E-state index in [2.05, 4.69) is 22.1 Å². The summed E-state index contributed by atoms with van der Waals surface area (Å²) in [6, 6.07) is 2.85. The zero-order valence-electron chi connectivity index (χ0n) is 15.1. The Morgan fingerprint density at radius 3 is 2.52 bits per heavy atom. The van der Waals surface area contributed by atoms with Gasteiger partial charge in [0.1, 0.15) is 0 Å². The van der Waals surface area contributed by atoms with Gasteiger partial charge in [0.05, 0.1) is 30.3 Å². The maximum Gasteiger partial charge on any atom is 0.346 e. The standard InChI is InChI=1S/C19H35N3O/c1-14-12-17-10-11-18-13-16(21-19(20-14)22(17)18)9-7-5-3-4-6-8-15(2)23/h14-18,23H,3-13H2,1-2H3,(H,20,21)/p+1/t14-,15+,16+,17+,18-/m0/s1. The molecule has 1 saturated heterocycles. The largest absolute Gasteiger partial charge is 0.393 e. The number of aliphatic hydroxyl groups excluding tert-OH is 1. The van der Waals surface area contributed by atoms with E-state index in [1.54, 1.807) is 0 Å². The Morgan fingerprint density at radius 1 is 1.04 bits per heavy atom. The summed E-state index contributed by atoms with van der Waals surface area (Å²) in [5, 5.41) is 16.8. The summed E-state index contributed by atoms with van der Waals surface area (Å²) in [4.78, 5) is 0. The molecule has 5 atom stereocenters. The fourth-order valence-corrected chi connectivity index (χ4v) is 4.81. The van der Waals surface area contributed by atoms with Gasteiger partial charge < -0.3 is 5.11 Å². The van der Waals surface area contributed by atoms with E-state index in [9.17, 15) is 5.11 Å². The van der Waals surface area contributed by atoms with E-state index >= 15 is 0 Å². The summed E-state index contributed by atoms with van der Waals surface area (Å²) < 4.78 is 2.66. The number of hydrogen-bond acceptors (Lipinski definition) is 3. The van der Waals surface area contributed by atoms with Crippen LogP contribution in [0.3, 0.4) is 0 Å². The van der Waals surface area contributed by atoms with Gasteiger partial charge in [0.15, 0.2) is 0 Å². The summed E-state index contributed by atoms with van der Waals surface area (Å²) >= 11 is 0. The molecule has 0 spiro atoms. The molecule has 3 heterocycles. The summed E-state index contributed by atoms with van der Waals surface area (Å²) in [6.45, 7) is 4.21. The second kappa shape index (κ2) is 7.87. The first-order chi connectivity index (χ1) is 11.1. The van der Waals surface area contributed by atoms with Crippen molar-refractivity contribution in [2.75, 3.05) is 0 Å². The van der Waals surface area contributed by atoms with Crippen molar-refractivity contribution in [2.24, 2.45) is 0 Å². The first kappa shape index (κ1) is 17.1. The molecule has 0 aromatic heterocycles. The number of rotatable bonds is 8. The highest BCUT2D eigenvalue weighted by molar-refractivity contribution is 5.76. The first-order valence-corrected chi connectivity index (χ1v) is 10.00. The molecule has 0 aromatic carbocycles. The quantitative estimate of drug-likeness (QED) is 0.476. The Balaban J connectivity index is 1.37. The van der Waals surface area contributed by atoms with Crippen LogP contribution in [-0.2, 0) is 0 Å². The van der Waals surface area contributed by atoms with Crippen LogP contribution in [0.4, 0.5) is 0 Å². The highest BCUT2D eigenvalue weighted by Gasteiger charge is 2.44. The summed E-state index contributed by atoms with van der Waals surface area (Å²) in [5.41, 5.74) is 0. The molecule has 3 aliphatic rings. The van der Waals surface area contributed by atoms with Crippen molar-refractivity contribution in [3.63, 3.8) is 0 Å². The van der Waals surface area contributed by atoms with Gasteiger partial charge in [-0.15, -0.1) is 0 Å². The van der Waals surface area contributed by atoms with Gasteiger partial charge in [-0.05, 0) is 39.5 Å². The number of hydrogen-bond donors (Lipinski definition) is 3. The topological polar surface area (TPSA) is 47.3 Å². The van der Waals surface area contributed by atoms with Gasteiger partial charge in [-0.25, -0.2) is 0 Å². The molecular formula is C19H36N3O+. The smallest absolute Gasteiger partial charge is 0.346 e. The van der Waals surface area contributed by atoms with Crippen LogP contribution in [0, 0.1) is 0 Å². The van der Waals surface area contributed by atoms with E-state index in [4.69, 9.17) is 0 Å². The molecule has 0 unspecified atom stereocenters. The molecule has 0 aromatic rings. The Hall–Kier alpha value is -0.770. The third-order valence-electron chi connectivity index (χ3n) is 5.96. The normalized spacial score (nSPS) is 33.9. The van der Waals surface area contributed by atoms with Gasteiger partial charge in [0, 0.05) is 12.8 Å². The average molecular weight is 323 g/mol. The number of nitrogens with one attached hydrogen (secondary N) is 2. The molecule has 4 nitrogen and oxygen atoms in total. The maximum atomic E-state index is 9.27. The van der Waals surface area contributed by atoms with Crippen LogP contribution in [0.15, 0.2) is 0 Å².